The number of nitrogens with zero attached hydrogens (tertiary/aromatic N) is 4. The normalized spacial score (nSPS) is 10.7. The maximum atomic E-state index is 15.2. The topological polar surface area (TPSA) is 110 Å². The lowest BCUT2D eigenvalue weighted by atomic mass is 10.1. The average molecular weight is 506 g/mol. The van der Waals surface area contributed by atoms with Gasteiger partial charge in [0.2, 0.25) is 5.95 Å². The molecule has 1 N–H and O–H groups in total. The number of halogens is 2. The van der Waals surface area contributed by atoms with Crippen molar-refractivity contribution in [3.8, 4) is 17.3 Å². The van der Waals surface area contributed by atoms with E-state index in [0.29, 0.717) is 16.3 Å². The molecule has 0 saturated carbocycles. The van der Waals surface area contributed by atoms with Gasteiger partial charge in [0.1, 0.15) is 11.5 Å². The number of esters is 1. The van der Waals surface area contributed by atoms with Crippen LogP contribution in [0.15, 0.2) is 59.4 Å². The molecule has 4 aromatic rings. The Morgan fingerprint density at radius 3 is 2.61 bits per heavy atom. The predicted molar refractivity (Wildman–Crippen MR) is 134 cm³/mol. The van der Waals surface area contributed by atoms with Crippen molar-refractivity contribution in [1.29, 1.82) is 5.26 Å². The van der Waals surface area contributed by atoms with Crippen molar-refractivity contribution < 1.29 is 13.9 Å². The fraction of sp³-hybridized carbons (Fsp3) is 0.192. The Morgan fingerprint density at radius 1 is 1.19 bits per heavy atom. The lowest BCUT2D eigenvalue weighted by Gasteiger charge is -2.13. The molecule has 0 unspecified atom stereocenters. The van der Waals surface area contributed by atoms with Gasteiger partial charge in [0.25, 0.3) is 5.56 Å². The van der Waals surface area contributed by atoms with E-state index in [1.165, 1.54) is 10.7 Å². The highest BCUT2D eigenvalue weighted by Crippen LogP contribution is 2.31. The van der Waals surface area contributed by atoms with E-state index in [1.54, 1.807) is 55.5 Å². The minimum absolute atomic E-state index is 0.0284. The number of nitriles is 1. The van der Waals surface area contributed by atoms with Crippen LogP contribution in [0.2, 0.25) is 5.02 Å². The van der Waals surface area contributed by atoms with Crippen LogP contribution in [0.4, 0.5) is 10.2 Å². The zero-order chi connectivity index (χ0) is 25.7. The van der Waals surface area contributed by atoms with Crippen LogP contribution in [0.25, 0.3) is 22.0 Å². The average Bonchev–Trinajstić information content (AvgIpc) is 2.88. The Kier molecular flexibility index (Phi) is 7.56. The lowest BCUT2D eigenvalue weighted by molar-refractivity contribution is -0.142. The maximum Gasteiger partial charge on any atom is 0.307 e. The summed E-state index contributed by atoms with van der Waals surface area (Å²) in [6.45, 7) is 2.28. The smallest absolute Gasteiger partial charge is 0.307 e. The van der Waals surface area contributed by atoms with Crippen molar-refractivity contribution in [2.45, 2.75) is 19.9 Å². The minimum Gasteiger partial charge on any atom is -0.466 e. The fourth-order valence-electron chi connectivity index (χ4n) is 3.67. The van der Waals surface area contributed by atoms with Crippen molar-refractivity contribution in [3.05, 3.63) is 87.0 Å². The lowest BCUT2D eigenvalue weighted by Crippen LogP contribution is -2.24. The molecule has 0 radical (unpaired) electrons. The number of aromatic nitrogens is 3. The van der Waals surface area contributed by atoms with Crippen molar-refractivity contribution in [2.24, 2.45) is 0 Å². The zero-order valence-corrected chi connectivity index (χ0v) is 20.1. The standard InChI is InChI=1S/C26H21ClFN5O3/c1-2-36-22(34)11-12-30-25-21(27)13-20(24(28)31-25)23-18-5-3-4-6-19(18)26(35)33(32-23)15-17-9-7-16(14-29)8-10-17/h3-10,13H,2,11-12,15H2,1H3,(H,30,31). The largest absolute Gasteiger partial charge is 0.466 e. The highest BCUT2D eigenvalue weighted by Gasteiger charge is 2.19. The second-order valence-corrected chi connectivity index (χ2v) is 8.21. The van der Waals surface area contributed by atoms with Crippen LogP contribution in [0.1, 0.15) is 24.5 Å². The quantitative estimate of drug-likeness (QED) is 0.276. The van der Waals surface area contributed by atoms with E-state index in [9.17, 15) is 9.59 Å². The van der Waals surface area contributed by atoms with Crippen molar-refractivity contribution in [1.82, 2.24) is 14.8 Å². The van der Waals surface area contributed by atoms with E-state index in [2.05, 4.69) is 21.5 Å². The zero-order valence-electron chi connectivity index (χ0n) is 19.3. The molecule has 2 heterocycles. The Balaban J connectivity index is 1.72. The van der Waals surface area contributed by atoms with Crippen LogP contribution in [-0.2, 0) is 16.1 Å². The van der Waals surface area contributed by atoms with Crippen molar-refractivity contribution >= 4 is 34.2 Å². The summed E-state index contributed by atoms with van der Waals surface area (Å²) in [5.74, 6) is -1.14. The molecule has 36 heavy (non-hydrogen) atoms. The first-order valence-electron chi connectivity index (χ1n) is 11.2. The number of carbonyl (C=O) groups is 1. The van der Waals surface area contributed by atoms with E-state index < -0.39 is 11.9 Å². The van der Waals surface area contributed by atoms with E-state index in [4.69, 9.17) is 21.6 Å². The molecule has 0 spiro atoms. The number of hydrogen-bond donors (Lipinski definition) is 1. The van der Waals surface area contributed by atoms with Gasteiger partial charge in [-0.25, -0.2) is 9.67 Å². The Labute approximate surface area is 210 Å². The molecule has 0 aliphatic carbocycles. The van der Waals surface area contributed by atoms with Gasteiger partial charge in [-0.05, 0) is 36.8 Å². The molecule has 0 aliphatic heterocycles. The molecule has 0 bridgehead atoms. The molecule has 0 atom stereocenters. The third kappa shape index (κ3) is 5.34. The number of rotatable bonds is 8. The minimum atomic E-state index is -0.834. The van der Waals surface area contributed by atoms with Crippen LogP contribution in [0, 0.1) is 17.3 Å². The molecule has 4 rings (SSSR count). The number of ether oxygens (including phenoxy) is 1. The summed E-state index contributed by atoms with van der Waals surface area (Å²) < 4.78 is 21.4. The highest BCUT2D eigenvalue weighted by atomic mass is 35.5. The number of benzene rings is 2. The molecule has 0 fully saturated rings. The van der Waals surface area contributed by atoms with Gasteiger partial charge in [-0.15, -0.1) is 0 Å². The monoisotopic (exact) mass is 505 g/mol. The molecule has 10 heteroatoms. The van der Waals surface area contributed by atoms with Crippen LogP contribution >= 0.6 is 11.6 Å². The first-order chi connectivity index (χ1) is 17.4. The van der Waals surface area contributed by atoms with Crippen LogP contribution in [-0.4, -0.2) is 33.9 Å². The van der Waals surface area contributed by atoms with Crippen LogP contribution < -0.4 is 10.9 Å². The molecule has 0 amide bonds. The van der Waals surface area contributed by atoms with Gasteiger partial charge in [0, 0.05) is 11.9 Å². The second-order valence-electron chi connectivity index (χ2n) is 7.80. The van der Waals surface area contributed by atoms with Gasteiger partial charge in [0.05, 0.1) is 47.2 Å². The number of nitrogens with one attached hydrogen (secondary N) is 1. The number of carbonyl (C=O) groups excluding carboxylic acids is 1. The number of hydrogen-bond acceptors (Lipinski definition) is 7. The Morgan fingerprint density at radius 2 is 1.92 bits per heavy atom. The van der Waals surface area contributed by atoms with Gasteiger partial charge in [-0.2, -0.15) is 14.8 Å². The van der Waals surface area contributed by atoms with Crippen LogP contribution in [0.5, 0.6) is 0 Å². The Hall–Kier alpha value is -4.29. The third-order valence-corrected chi connectivity index (χ3v) is 5.68. The summed E-state index contributed by atoms with van der Waals surface area (Å²) in [6.07, 6.45) is 0.0712. The van der Waals surface area contributed by atoms with Gasteiger partial charge < -0.3 is 10.1 Å². The first-order valence-corrected chi connectivity index (χ1v) is 11.5. The molecular formula is C26H21ClFN5O3. The molecule has 0 saturated heterocycles. The van der Waals surface area contributed by atoms with Gasteiger partial charge >= 0.3 is 5.97 Å². The first kappa shape index (κ1) is 24.8. The summed E-state index contributed by atoms with van der Waals surface area (Å²) in [7, 11) is 0. The van der Waals surface area contributed by atoms with E-state index >= 15 is 4.39 Å². The second kappa shape index (κ2) is 11.0. The molecular weight excluding hydrogens is 485 g/mol. The van der Waals surface area contributed by atoms with Gasteiger partial charge in [-0.3, -0.25) is 9.59 Å². The van der Waals surface area contributed by atoms with E-state index in [1.807, 2.05) is 0 Å². The third-order valence-electron chi connectivity index (χ3n) is 5.39. The SMILES string of the molecule is CCOC(=O)CCNc1nc(F)c(-c2nn(Cc3ccc(C#N)cc3)c(=O)c3ccccc23)cc1Cl. The molecule has 8 nitrogen and oxygen atoms in total. The summed E-state index contributed by atoms with van der Waals surface area (Å²) >= 11 is 6.38. The summed E-state index contributed by atoms with van der Waals surface area (Å²) in [5, 5.41) is 17.3. The predicted octanol–water partition coefficient (Wildman–Crippen LogP) is 4.54. The van der Waals surface area contributed by atoms with Crippen LogP contribution in [0.3, 0.4) is 0 Å². The number of fused-ring (bicyclic) bond motifs is 1. The van der Waals surface area contributed by atoms with Gasteiger partial charge in [0.15, 0.2) is 0 Å². The van der Waals surface area contributed by atoms with Crippen molar-refractivity contribution in [2.75, 3.05) is 18.5 Å². The van der Waals surface area contributed by atoms with E-state index in [0.717, 1.165) is 5.56 Å². The Bertz CT molecular complexity index is 1530. The fourth-order valence-corrected chi connectivity index (χ4v) is 3.89. The summed E-state index contributed by atoms with van der Waals surface area (Å²) in [5.41, 5.74) is 1.15. The molecule has 2 aromatic heterocycles. The highest BCUT2D eigenvalue weighted by molar-refractivity contribution is 6.33. The van der Waals surface area contributed by atoms with E-state index in [-0.39, 0.29) is 53.8 Å². The summed E-state index contributed by atoms with van der Waals surface area (Å²) in [4.78, 5) is 28.6. The maximum absolute atomic E-state index is 15.2. The number of pyridine rings is 1. The molecule has 182 valence electrons. The number of anilines is 1. The molecule has 0 aliphatic rings. The van der Waals surface area contributed by atoms with Crippen molar-refractivity contribution in [3.63, 3.8) is 0 Å². The molecule has 2 aromatic carbocycles. The van der Waals surface area contributed by atoms with Gasteiger partial charge in [-0.1, -0.05) is 41.9 Å². The summed E-state index contributed by atoms with van der Waals surface area (Å²) in [6, 6.07) is 17.0.